The van der Waals surface area contributed by atoms with Crippen molar-refractivity contribution in [2.24, 2.45) is 0 Å². The van der Waals surface area contributed by atoms with Gasteiger partial charge in [0.2, 0.25) is 5.95 Å². The number of aromatic nitrogens is 3. The van der Waals surface area contributed by atoms with E-state index in [2.05, 4.69) is 39.0 Å². The molecule has 1 fully saturated rings. The lowest BCUT2D eigenvalue weighted by Gasteiger charge is -2.15. The number of rotatable bonds is 5. The predicted octanol–water partition coefficient (Wildman–Crippen LogP) is 3.36. The van der Waals surface area contributed by atoms with Crippen molar-refractivity contribution >= 4 is 5.95 Å². The molecular formula is C16H22N4. The highest BCUT2D eigenvalue weighted by atomic mass is 15.2. The standard InChI is InChI=1S/C16H22N4/c1-13-12-20(15-7-2-3-8-15)16(19-13)18-11-9-14-6-4-5-10-17-14/h4-6,10,12,15H,2-3,7-9,11H2,1H3,(H,18,19). The third-order valence-electron chi connectivity index (χ3n) is 3.96. The quantitative estimate of drug-likeness (QED) is 0.906. The van der Waals surface area contributed by atoms with Crippen LogP contribution in [0.1, 0.15) is 43.1 Å². The second-order valence-corrected chi connectivity index (χ2v) is 5.55. The fourth-order valence-corrected chi connectivity index (χ4v) is 2.96. The molecule has 1 aliphatic carbocycles. The molecular weight excluding hydrogens is 248 g/mol. The molecule has 0 bridgehead atoms. The molecule has 1 aliphatic rings. The molecule has 4 heteroatoms. The zero-order valence-corrected chi connectivity index (χ0v) is 12.0. The van der Waals surface area contributed by atoms with Gasteiger partial charge in [-0.1, -0.05) is 18.9 Å². The SMILES string of the molecule is Cc1cn(C2CCCC2)c(NCCc2ccccn2)n1. The van der Waals surface area contributed by atoms with Crippen LogP contribution >= 0.6 is 0 Å². The Morgan fingerprint density at radius 1 is 1.30 bits per heavy atom. The average Bonchev–Trinajstić information content (AvgIpc) is 3.09. The molecule has 2 aromatic heterocycles. The molecule has 4 nitrogen and oxygen atoms in total. The molecule has 0 saturated heterocycles. The molecule has 0 amide bonds. The summed E-state index contributed by atoms with van der Waals surface area (Å²) in [4.78, 5) is 8.97. The van der Waals surface area contributed by atoms with Crippen molar-refractivity contribution in [2.45, 2.75) is 45.1 Å². The van der Waals surface area contributed by atoms with E-state index >= 15 is 0 Å². The molecule has 20 heavy (non-hydrogen) atoms. The molecule has 1 saturated carbocycles. The highest BCUT2D eigenvalue weighted by molar-refractivity contribution is 5.30. The molecule has 3 rings (SSSR count). The number of hydrogen-bond donors (Lipinski definition) is 1. The Bertz CT molecular complexity index is 541. The van der Waals surface area contributed by atoms with Crippen LogP contribution in [0.5, 0.6) is 0 Å². The Morgan fingerprint density at radius 3 is 2.90 bits per heavy atom. The van der Waals surface area contributed by atoms with Crippen molar-refractivity contribution in [1.29, 1.82) is 0 Å². The highest BCUT2D eigenvalue weighted by Gasteiger charge is 2.19. The second-order valence-electron chi connectivity index (χ2n) is 5.55. The number of anilines is 1. The van der Waals surface area contributed by atoms with Crippen LogP contribution in [0, 0.1) is 6.92 Å². The minimum atomic E-state index is 0.633. The van der Waals surface area contributed by atoms with Crippen LogP contribution in [-0.4, -0.2) is 21.1 Å². The molecule has 0 aliphatic heterocycles. The number of imidazole rings is 1. The summed E-state index contributed by atoms with van der Waals surface area (Å²) in [6.45, 7) is 2.94. The van der Waals surface area contributed by atoms with Crippen LogP contribution in [0.3, 0.4) is 0 Å². The van der Waals surface area contributed by atoms with Crippen molar-refractivity contribution in [2.75, 3.05) is 11.9 Å². The smallest absolute Gasteiger partial charge is 0.203 e. The molecule has 0 aromatic carbocycles. The Hall–Kier alpha value is -1.84. The van der Waals surface area contributed by atoms with E-state index in [1.807, 2.05) is 18.3 Å². The van der Waals surface area contributed by atoms with E-state index in [9.17, 15) is 0 Å². The topological polar surface area (TPSA) is 42.7 Å². The summed E-state index contributed by atoms with van der Waals surface area (Å²) in [5, 5.41) is 3.47. The number of nitrogens with zero attached hydrogens (tertiary/aromatic N) is 3. The lowest BCUT2D eigenvalue weighted by atomic mass is 10.2. The summed E-state index contributed by atoms with van der Waals surface area (Å²) in [5.74, 6) is 1.02. The van der Waals surface area contributed by atoms with Gasteiger partial charge in [-0.2, -0.15) is 0 Å². The first-order valence-electron chi connectivity index (χ1n) is 7.52. The van der Waals surface area contributed by atoms with Gasteiger partial charge in [-0.3, -0.25) is 4.98 Å². The summed E-state index contributed by atoms with van der Waals surface area (Å²) in [6.07, 6.45) is 10.2. The van der Waals surface area contributed by atoms with Gasteiger partial charge in [-0.15, -0.1) is 0 Å². The Kier molecular flexibility index (Phi) is 4.00. The van der Waals surface area contributed by atoms with Gasteiger partial charge in [0.15, 0.2) is 0 Å². The predicted molar refractivity (Wildman–Crippen MR) is 80.9 cm³/mol. The zero-order valence-electron chi connectivity index (χ0n) is 12.0. The van der Waals surface area contributed by atoms with E-state index in [4.69, 9.17) is 0 Å². The normalized spacial score (nSPS) is 15.7. The molecule has 0 unspecified atom stereocenters. The summed E-state index contributed by atoms with van der Waals surface area (Å²) >= 11 is 0. The third kappa shape index (κ3) is 3.00. The summed E-state index contributed by atoms with van der Waals surface area (Å²) in [6, 6.07) is 6.68. The second kappa shape index (κ2) is 6.07. The van der Waals surface area contributed by atoms with Gasteiger partial charge in [-0.25, -0.2) is 4.98 Å². The van der Waals surface area contributed by atoms with Crippen LogP contribution in [0.25, 0.3) is 0 Å². The fourth-order valence-electron chi connectivity index (χ4n) is 2.96. The van der Waals surface area contributed by atoms with E-state index in [0.29, 0.717) is 6.04 Å². The van der Waals surface area contributed by atoms with E-state index in [1.165, 1.54) is 25.7 Å². The zero-order chi connectivity index (χ0) is 13.8. The van der Waals surface area contributed by atoms with Crippen molar-refractivity contribution in [3.05, 3.63) is 42.0 Å². The minimum Gasteiger partial charge on any atom is -0.355 e. The maximum Gasteiger partial charge on any atom is 0.203 e. The summed E-state index contributed by atoms with van der Waals surface area (Å²) < 4.78 is 2.33. The molecule has 2 heterocycles. The van der Waals surface area contributed by atoms with Gasteiger partial charge in [0.25, 0.3) is 0 Å². The van der Waals surface area contributed by atoms with Crippen molar-refractivity contribution in [3.63, 3.8) is 0 Å². The number of hydrogen-bond acceptors (Lipinski definition) is 3. The molecule has 0 atom stereocenters. The summed E-state index contributed by atoms with van der Waals surface area (Å²) in [5.41, 5.74) is 2.22. The van der Waals surface area contributed by atoms with Crippen LogP contribution in [0.2, 0.25) is 0 Å². The van der Waals surface area contributed by atoms with E-state index < -0.39 is 0 Å². The molecule has 0 spiro atoms. The van der Waals surface area contributed by atoms with Crippen LogP contribution < -0.4 is 5.32 Å². The van der Waals surface area contributed by atoms with Gasteiger partial charge in [0.1, 0.15) is 0 Å². The number of aryl methyl sites for hydroxylation is 1. The Morgan fingerprint density at radius 2 is 2.15 bits per heavy atom. The lowest BCUT2D eigenvalue weighted by Crippen LogP contribution is -2.13. The molecule has 106 valence electrons. The lowest BCUT2D eigenvalue weighted by molar-refractivity contribution is 0.522. The molecule has 1 N–H and O–H groups in total. The first-order valence-corrected chi connectivity index (χ1v) is 7.52. The third-order valence-corrected chi connectivity index (χ3v) is 3.96. The van der Waals surface area contributed by atoms with E-state index in [1.54, 1.807) is 0 Å². The minimum absolute atomic E-state index is 0.633. The van der Waals surface area contributed by atoms with Gasteiger partial charge in [-0.05, 0) is 31.9 Å². The van der Waals surface area contributed by atoms with E-state index in [0.717, 1.165) is 30.3 Å². The van der Waals surface area contributed by atoms with Crippen LogP contribution in [0.15, 0.2) is 30.6 Å². The number of pyridine rings is 1. The van der Waals surface area contributed by atoms with Crippen LogP contribution in [-0.2, 0) is 6.42 Å². The Balaban J connectivity index is 1.62. The monoisotopic (exact) mass is 270 g/mol. The average molecular weight is 270 g/mol. The highest BCUT2D eigenvalue weighted by Crippen LogP contribution is 2.31. The maximum atomic E-state index is 4.62. The van der Waals surface area contributed by atoms with Gasteiger partial charge in [0, 0.05) is 37.1 Å². The first-order chi connectivity index (χ1) is 9.83. The fraction of sp³-hybridized carbons (Fsp3) is 0.500. The van der Waals surface area contributed by atoms with Crippen molar-refractivity contribution < 1.29 is 0 Å². The van der Waals surface area contributed by atoms with Crippen LogP contribution in [0.4, 0.5) is 5.95 Å². The van der Waals surface area contributed by atoms with Gasteiger partial charge in [0.05, 0.1) is 5.69 Å². The number of nitrogens with one attached hydrogen (secondary N) is 1. The van der Waals surface area contributed by atoms with E-state index in [-0.39, 0.29) is 0 Å². The Labute approximate surface area is 120 Å². The molecule has 2 aromatic rings. The van der Waals surface area contributed by atoms with Gasteiger partial charge >= 0.3 is 0 Å². The largest absolute Gasteiger partial charge is 0.355 e. The van der Waals surface area contributed by atoms with Gasteiger partial charge < -0.3 is 9.88 Å². The molecule has 0 radical (unpaired) electrons. The van der Waals surface area contributed by atoms with Crippen molar-refractivity contribution in [3.8, 4) is 0 Å². The maximum absolute atomic E-state index is 4.62. The first kappa shape index (κ1) is 13.2. The summed E-state index contributed by atoms with van der Waals surface area (Å²) in [7, 11) is 0. The van der Waals surface area contributed by atoms with Crippen molar-refractivity contribution in [1.82, 2.24) is 14.5 Å².